The van der Waals surface area contributed by atoms with Gasteiger partial charge in [0.15, 0.2) is 0 Å². The van der Waals surface area contributed by atoms with Crippen molar-refractivity contribution in [2.75, 3.05) is 0 Å². The van der Waals surface area contributed by atoms with E-state index >= 15 is 0 Å². The summed E-state index contributed by atoms with van der Waals surface area (Å²) in [5.41, 5.74) is 0. The molecule has 0 nitrogen and oxygen atoms in total. The summed E-state index contributed by atoms with van der Waals surface area (Å²) in [6.07, 6.45) is 20.5. The summed E-state index contributed by atoms with van der Waals surface area (Å²) in [5, 5.41) is 0. The molecule has 0 heterocycles. The van der Waals surface area contributed by atoms with Crippen LogP contribution in [-0.2, 0) is 0 Å². The summed E-state index contributed by atoms with van der Waals surface area (Å²) < 4.78 is 0. The zero-order chi connectivity index (χ0) is 14.0. The van der Waals surface area contributed by atoms with E-state index in [1.165, 1.54) is 111 Å². The van der Waals surface area contributed by atoms with E-state index in [2.05, 4.69) is 13.8 Å². The molecular weight excluding hydrogens is 244 g/mol. The van der Waals surface area contributed by atoms with E-state index in [0.29, 0.717) is 0 Å². The van der Waals surface area contributed by atoms with Gasteiger partial charge in [0, 0.05) is 9.52 Å². The molecule has 0 N–H and O–H groups in total. The van der Waals surface area contributed by atoms with E-state index in [-0.39, 0.29) is 0 Å². The first-order valence-electron chi connectivity index (χ1n) is 9.12. The van der Waals surface area contributed by atoms with Gasteiger partial charge in [-0.15, -0.1) is 0 Å². The number of unbranched alkanes of at least 4 members (excludes halogenated alkanes) is 12. The molecule has 19 heavy (non-hydrogen) atoms. The lowest BCUT2D eigenvalue weighted by Gasteiger charge is -2.02. The molecule has 0 aromatic carbocycles. The largest absolute Gasteiger partial charge is 0.0654 e. The predicted octanol–water partition coefficient (Wildman–Crippen LogP) is 7.03. The molecule has 0 aliphatic carbocycles. The van der Waals surface area contributed by atoms with E-state index < -0.39 is 0 Å². The van der Waals surface area contributed by atoms with Gasteiger partial charge in [-0.05, 0) is 0 Å². The topological polar surface area (TPSA) is 0 Å². The van der Waals surface area contributed by atoms with E-state index in [4.69, 9.17) is 0 Å². The first-order valence-corrected chi connectivity index (χ1v) is 10.5. The van der Waals surface area contributed by atoms with Gasteiger partial charge in [-0.25, -0.2) is 0 Å². The highest BCUT2D eigenvalue weighted by atomic mass is 28.2. The van der Waals surface area contributed by atoms with Crippen molar-refractivity contribution in [3.05, 3.63) is 0 Å². The predicted molar refractivity (Wildman–Crippen MR) is 91.4 cm³/mol. The Labute approximate surface area is 126 Å². The quantitative estimate of drug-likeness (QED) is 0.210. The van der Waals surface area contributed by atoms with E-state index in [0.717, 1.165) is 0 Å². The monoisotopic (exact) mass is 282 g/mol. The Kier molecular flexibility index (Phi) is 18.4. The van der Waals surface area contributed by atoms with Crippen LogP contribution < -0.4 is 0 Å². The minimum absolute atomic E-state index is 1.26. The normalized spacial score (nSPS) is 11.1. The van der Waals surface area contributed by atoms with Crippen LogP contribution in [0.15, 0.2) is 0 Å². The first-order chi connectivity index (χ1) is 9.41. The summed E-state index contributed by atoms with van der Waals surface area (Å²) in [5.74, 6) is 0. The van der Waals surface area contributed by atoms with E-state index in [9.17, 15) is 0 Å². The SMILES string of the molecule is CCCCCCCCC[Si]CCCCCCCCC. The minimum atomic E-state index is 1.26. The Hall–Kier alpha value is 0.217. The second-order valence-electron chi connectivity index (χ2n) is 5.99. The molecule has 0 aliphatic rings. The summed E-state index contributed by atoms with van der Waals surface area (Å²) in [7, 11) is 1.26. The summed E-state index contributed by atoms with van der Waals surface area (Å²) in [4.78, 5) is 0. The fourth-order valence-electron chi connectivity index (χ4n) is 2.54. The van der Waals surface area contributed by atoms with Gasteiger partial charge in [-0.1, -0.05) is 116 Å². The van der Waals surface area contributed by atoms with Crippen molar-refractivity contribution in [1.29, 1.82) is 0 Å². The van der Waals surface area contributed by atoms with Crippen molar-refractivity contribution < 1.29 is 0 Å². The highest BCUT2D eigenvalue weighted by Crippen LogP contribution is 2.11. The molecule has 0 rings (SSSR count). The molecule has 0 saturated heterocycles. The maximum absolute atomic E-state index is 2.30. The van der Waals surface area contributed by atoms with Crippen molar-refractivity contribution in [3.63, 3.8) is 0 Å². The Morgan fingerprint density at radius 1 is 0.421 bits per heavy atom. The van der Waals surface area contributed by atoms with Crippen molar-refractivity contribution in [3.8, 4) is 0 Å². The molecule has 0 unspecified atom stereocenters. The highest BCUT2D eigenvalue weighted by Gasteiger charge is 1.94. The molecule has 0 fully saturated rings. The molecule has 0 bridgehead atoms. The third-order valence-corrected chi connectivity index (χ3v) is 5.33. The second-order valence-corrected chi connectivity index (χ2v) is 7.49. The molecule has 114 valence electrons. The van der Waals surface area contributed by atoms with Crippen LogP contribution in [0.3, 0.4) is 0 Å². The minimum Gasteiger partial charge on any atom is -0.0654 e. The molecular formula is C18H38Si. The van der Waals surface area contributed by atoms with Gasteiger partial charge in [0.25, 0.3) is 0 Å². The molecule has 1 heteroatoms. The smallest absolute Gasteiger partial charge is 0.0378 e. The molecule has 0 aromatic rings. The van der Waals surface area contributed by atoms with Crippen molar-refractivity contribution >= 4 is 9.52 Å². The van der Waals surface area contributed by atoms with Crippen LogP contribution >= 0.6 is 0 Å². The van der Waals surface area contributed by atoms with Crippen molar-refractivity contribution in [1.82, 2.24) is 0 Å². The summed E-state index contributed by atoms with van der Waals surface area (Å²) >= 11 is 0. The standard InChI is InChI=1S/C18H38Si/c1-3-5-7-9-11-13-15-17-19-18-16-14-12-10-8-6-4-2/h3-18H2,1-2H3. The zero-order valence-corrected chi connectivity index (χ0v) is 14.8. The zero-order valence-electron chi connectivity index (χ0n) is 13.8. The lowest BCUT2D eigenvalue weighted by Crippen LogP contribution is -1.90. The van der Waals surface area contributed by atoms with Crippen LogP contribution in [0.2, 0.25) is 12.1 Å². The molecule has 0 spiro atoms. The second kappa shape index (κ2) is 18.2. The molecule has 0 saturated carbocycles. The Bertz CT molecular complexity index is 129. The fraction of sp³-hybridized carbons (Fsp3) is 1.00. The van der Waals surface area contributed by atoms with Gasteiger partial charge in [-0.2, -0.15) is 0 Å². The van der Waals surface area contributed by atoms with E-state index in [1.54, 1.807) is 0 Å². The molecule has 0 aliphatic heterocycles. The van der Waals surface area contributed by atoms with Crippen LogP contribution in [0, 0.1) is 0 Å². The van der Waals surface area contributed by atoms with Gasteiger partial charge in [-0.3, -0.25) is 0 Å². The average molecular weight is 283 g/mol. The first kappa shape index (κ1) is 19.2. The fourth-order valence-corrected chi connectivity index (χ4v) is 3.79. The summed E-state index contributed by atoms with van der Waals surface area (Å²) in [6.45, 7) is 4.59. The van der Waals surface area contributed by atoms with Crippen LogP contribution in [0.4, 0.5) is 0 Å². The Balaban J connectivity index is 2.88. The van der Waals surface area contributed by atoms with E-state index in [1.807, 2.05) is 0 Å². The third kappa shape index (κ3) is 18.2. The van der Waals surface area contributed by atoms with Crippen molar-refractivity contribution in [2.24, 2.45) is 0 Å². The summed E-state index contributed by atoms with van der Waals surface area (Å²) in [6, 6.07) is 3.03. The molecule has 0 aromatic heterocycles. The Morgan fingerprint density at radius 3 is 1.11 bits per heavy atom. The van der Waals surface area contributed by atoms with Gasteiger partial charge in [0.05, 0.1) is 0 Å². The average Bonchev–Trinajstić information content (AvgIpc) is 2.43. The van der Waals surface area contributed by atoms with Crippen LogP contribution in [-0.4, -0.2) is 9.52 Å². The van der Waals surface area contributed by atoms with Crippen LogP contribution in [0.5, 0.6) is 0 Å². The van der Waals surface area contributed by atoms with Gasteiger partial charge < -0.3 is 0 Å². The lowest BCUT2D eigenvalue weighted by molar-refractivity contribution is 0.597. The maximum Gasteiger partial charge on any atom is 0.0378 e. The van der Waals surface area contributed by atoms with Gasteiger partial charge in [0.1, 0.15) is 0 Å². The number of hydrogen-bond donors (Lipinski definition) is 0. The van der Waals surface area contributed by atoms with Gasteiger partial charge >= 0.3 is 0 Å². The van der Waals surface area contributed by atoms with Crippen LogP contribution in [0.25, 0.3) is 0 Å². The third-order valence-electron chi connectivity index (χ3n) is 3.91. The molecule has 2 radical (unpaired) electrons. The molecule has 0 atom stereocenters. The number of rotatable bonds is 16. The van der Waals surface area contributed by atoms with Gasteiger partial charge in [0.2, 0.25) is 0 Å². The number of hydrogen-bond acceptors (Lipinski definition) is 0. The highest BCUT2D eigenvalue weighted by molar-refractivity contribution is 6.35. The lowest BCUT2D eigenvalue weighted by atomic mass is 10.1. The van der Waals surface area contributed by atoms with Crippen LogP contribution in [0.1, 0.15) is 104 Å². The molecule has 0 amide bonds. The Morgan fingerprint density at radius 2 is 0.737 bits per heavy atom. The van der Waals surface area contributed by atoms with Crippen molar-refractivity contribution in [2.45, 2.75) is 116 Å². The maximum atomic E-state index is 2.30.